The molecule has 2 heterocycles. The number of pyridine rings is 1. The molecule has 2 rings (SSSR count). The zero-order valence-electron chi connectivity index (χ0n) is 17.9. The molecule has 7 nitrogen and oxygen atoms in total. The first kappa shape index (κ1) is 22.8. The number of hydrogen-bond acceptors (Lipinski definition) is 6. The lowest BCUT2D eigenvalue weighted by Gasteiger charge is -2.29. The highest BCUT2D eigenvalue weighted by Gasteiger charge is 2.60. The number of carbonyl (C=O) groups excluding carboxylic acids is 3. The standard InChI is InChI=1S/C23H26N2O5/c1-8-16-18(9-2)25(20(26)14(4)5)22(28)23(16,30-21(27)15(6)7)17-12-11-13-24-19(17)29-10-3/h8-9,11-13H,4,6,10H2,1-3,5,7H3. The molecule has 0 bridgehead atoms. The molecule has 7 heteroatoms. The van der Waals surface area contributed by atoms with Crippen LogP contribution in [0.25, 0.3) is 0 Å². The predicted molar refractivity (Wildman–Crippen MR) is 112 cm³/mol. The summed E-state index contributed by atoms with van der Waals surface area (Å²) in [7, 11) is 0. The van der Waals surface area contributed by atoms with Crippen molar-refractivity contribution in [2.24, 2.45) is 0 Å². The van der Waals surface area contributed by atoms with E-state index in [1.165, 1.54) is 20.0 Å². The SMILES string of the molecule is C=C(C)C(=O)OC1(c2cccnc2OCC)C(=O)N(C(=O)C(=C)C)C(=CC)C1=CC. The third-order valence-corrected chi connectivity index (χ3v) is 4.56. The Morgan fingerprint density at radius 2 is 1.87 bits per heavy atom. The summed E-state index contributed by atoms with van der Waals surface area (Å²) in [6.07, 6.45) is 4.75. The van der Waals surface area contributed by atoms with Crippen LogP contribution >= 0.6 is 0 Å². The van der Waals surface area contributed by atoms with Crippen molar-refractivity contribution in [2.75, 3.05) is 6.61 Å². The van der Waals surface area contributed by atoms with Gasteiger partial charge in [0.2, 0.25) is 11.5 Å². The smallest absolute Gasteiger partial charge is 0.334 e. The number of carbonyl (C=O) groups is 3. The maximum absolute atomic E-state index is 13.8. The fourth-order valence-corrected chi connectivity index (χ4v) is 3.26. The van der Waals surface area contributed by atoms with Gasteiger partial charge >= 0.3 is 5.97 Å². The normalized spacial score (nSPS) is 21.1. The van der Waals surface area contributed by atoms with Gasteiger partial charge in [-0.05, 0) is 46.8 Å². The monoisotopic (exact) mass is 410 g/mol. The summed E-state index contributed by atoms with van der Waals surface area (Å²) in [6.45, 7) is 15.7. The number of nitrogens with zero attached hydrogens (tertiary/aromatic N) is 2. The van der Waals surface area contributed by atoms with Crippen molar-refractivity contribution >= 4 is 17.8 Å². The molecule has 1 aromatic rings. The zero-order chi connectivity index (χ0) is 22.6. The molecule has 0 radical (unpaired) electrons. The minimum absolute atomic E-state index is 0.103. The third-order valence-electron chi connectivity index (χ3n) is 4.56. The number of ether oxygens (including phenoxy) is 2. The first-order valence-electron chi connectivity index (χ1n) is 9.52. The van der Waals surface area contributed by atoms with Crippen molar-refractivity contribution in [3.8, 4) is 5.88 Å². The number of rotatable bonds is 6. The Labute approximate surface area is 176 Å². The molecule has 1 unspecified atom stereocenters. The number of hydrogen-bond donors (Lipinski definition) is 0. The van der Waals surface area contributed by atoms with Crippen LogP contribution in [0.3, 0.4) is 0 Å². The Morgan fingerprint density at radius 1 is 1.20 bits per heavy atom. The molecule has 1 aliphatic rings. The molecule has 1 fully saturated rings. The molecule has 1 aromatic heterocycles. The van der Waals surface area contributed by atoms with Gasteiger partial charge < -0.3 is 9.47 Å². The number of esters is 1. The van der Waals surface area contributed by atoms with E-state index in [9.17, 15) is 14.4 Å². The summed E-state index contributed by atoms with van der Waals surface area (Å²) in [5, 5.41) is 0. The highest BCUT2D eigenvalue weighted by Crippen LogP contribution is 2.49. The van der Waals surface area contributed by atoms with Crippen LogP contribution in [0, 0.1) is 0 Å². The molecule has 0 N–H and O–H groups in total. The topological polar surface area (TPSA) is 85.8 Å². The maximum atomic E-state index is 13.8. The number of likely N-dealkylation sites (tertiary alicyclic amines) is 1. The van der Waals surface area contributed by atoms with Crippen molar-refractivity contribution in [3.63, 3.8) is 0 Å². The first-order chi connectivity index (χ1) is 14.2. The first-order valence-corrected chi connectivity index (χ1v) is 9.52. The lowest BCUT2D eigenvalue weighted by Crippen LogP contribution is -2.44. The fourth-order valence-electron chi connectivity index (χ4n) is 3.26. The number of aromatic nitrogens is 1. The second kappa shape index (κ2) is 8.90. The van der Waals surface area contributed by atoms with Crippen molar-refractivity contribution in [1.29, 1.82) is 0 Å². The van der Waals surface area contributed by atoms with E-state index in [-0.39, 0.29) is 29.2 Å². The average molecular weight is 410 g/mol. The van der Waals surface area contributed by atoms with E-state index in [4.69, 9.17) is 9.47 Å². The molecule has 0 aliphatic carbocycles. The highest BCUT2D eigenvalue weighted by atomic mass is 16.6. The lowest BCUT2D eigenvalue weighted by molar-refractivity contribution is -0.165. The molecule has 30 heavy (non-hydrogen) atoms. The largest absolute Gasteiger partial charge is 0.478 e. The van der Waals surface area contributed by atoms with Gasteiger partial charge in [-0.3, -0.25) is 9.59 Å². The molecule has 158 valence electrons. The second-order valence-corrected chi connectivity index (χ2v) is 6.74. The van der Waals surface area contributed by atoms with Crippen LogP contribution in [-0.4, -0.2) is 34.3 Å². The molecular formula is C23H26N2O5. The molecule has 0 aromatic carbocycles. The van der Waals surface area contributed by atoms with E-state index in [2.05, 4.69) is 18.1 Å². The minimum Gasteiger partial charge on any atom is -0.478 e. The Balaban J connectivity index is 2.92. The number of allylic oxidation sites excluding steroid dienone is 2. The molecule has 1 saturated heterocycles. The van der Waals surface area contributed by atoms with Crippen molar-refractivity contribution in [2.45, 2.75) is 40.2 Å². The van der Waals surface area contributed by atoms with E-state index < -0.39 is 23.4 Å². The number of imide groups is 1. The van der Waals surface area contributed by atoms with Gasteiger partial charge in [0.15, 0.2) is 0 Å². The van der Waals surface area contributed by atoms with E-state index in [0.29, 0.717) is 11.3 Å². The van der Waals surface area contributed by atoms with Crippen LogP contribution in [0.1, 0.15) is 40.2 Å². The summed E-state index contributed by atoms with van der Waals surface area (Å²) in [5.74, 6) is -2.00. The van der Waals surface area contributed by atoms with Crippen LogP contribution in [-0.2, 0) is 24.7 Å². The van der Waals surface area contributed by atoms with Crippen molar-refractivity contribution in [1.82, 2.24) is 9.88 Å². The van der Waals surface area contributed by atoms with Crippen LogP contribution in [0.4, 0.5) is 0 Å². The summed E-state index contributed by atoms with van der Waals surface area (Å²) < 4.78 is 11.4. The fraction of sp³-hybridized carbons (Fsp3) is 0.304. The predicted octanol–water partition coefficient (Wildman–Crippen LogP) is 3.59. The average Bonchev–Trinajstić information content (AvgIpc) is 2.95. The summed E-state index contributed by atoms with van der Waals surface area (Å²) in [5.41, 5.74) is -0.848. The Bertz CT molecular complexity index is 989. The Morgan fingerprint density at radius 3 is 2.37 bits per heavy atom. The van der Waals surface area contributed by atoms with E-state index >= 15 is 0 Å². The summed E-state index contributed by atoms with van der Waals surface area (Å²) in [4.78, 5) is 44.5. The minimum atomic E-state index is -1.96. The quantitative estimate of drug-likeness (QED) is 0.526. The van der Waals surface area contributed by atoms with Gasteiger partial charge in [-0.15, -0.1) is 0 Å². The van der Waals surface area contributed by atoms with E-state index in [1.807, 2.05) is 0 Å². The Kier molecular flexibility index (Phi) is 6.77. The Hall–Kier alpha value is -3.48. The van der Waals surface area contributed by atoms with Crippen LogP contribution in [0.15, 0.2) is 66.1 Å². The van der Waals surface area contributed by atoms with Gasteiger partial charge in [-0.1, -0.05) is 25.3 Å². The molecule has 0 saturated carbocycles. The van der Waals surface area contributed by atoms with Gasteiger partial charge in [0.1, 0.15) is 0 Å². The molecule has 1 atom stereocenters. The summed E-state index contributed by atoms with van der Waals surface area (Å²) >= 11 is 0. The molecule has 1 aliphatic heterocycles. The second-order valence-electron chi connectivity index (χ2n) is 6.74. The third kappa shape index (κ3) is 3.58. The van der Waals surface area contributed by atoms with Crippen LogP contribution in [0.2, 0.25) is 0 Å². The van der Waals surface area contributed by atoms with Gasteiger partial charge in [0, 0.05) is 22.9 Å². The zero-order valence-corrected chi connectivity index (χ0v) is 17.9. The van der Waals surface area contributed by atoms with Gasteiger partial charge in [0.05, 0.1) is 17.9 Å². The molecular weight excluding hydrogens is 384 g/mol. The van der Waals surface area contributed by atoms with Crippen LogP contribution < -0.4 is 4.74 Å². The van der Waals surface area contributed by atoms with Crippen LogP contribution in [0.5, 0.6) is 5.88 Å². The molecule has 0 spiro atoms. The van der Waals surface area contributed by atoms with Gasteiger partial charge in [-0.25, -0.2) is 14.7 Å². The maximum Gasteiger partial charge on any atom is 0.334 e. The number of amides is 2. The summed E-state index contributed by atoms with van der Waals surface area (Å²) in [6, 6.07) is 3.19. The van der Waals surface area contributed by atoms with Gasteiger partial charge in [0.25, 0.3) is 11.8 Å². The highest BCUT2D eigenvalue weighted by molar-refractivity contribution is 6.14. The lowest BCUT2D eigenvalue weighted by atomic mass is 9.86. The molecule has 2 amide bonds. The van der Waals surface area contributed by atoms with E-state index in [1.54, 1.807) is 45.1 Å². The van der Waals surface area contributed by atoms with E-state index in [0.717, 1.165) is 4.90 Å². The van der Waals surface area contributed by atoms with Gasteiger partial charge in [-0.2, -0.15) is 0 Å². The van der Waals surface area contributed by atoms with Crippen molar-refractivity contribution < 1.29 is 23.9 Å². The van der Waals surface area contributed by atoms with Crippen molar-refractivity contribution in [3.05, 3.63) is 71.6 Å².